The first-order chi connectivity index (χ1) is 11.5. The molecule has 5 nitrogen and oxygen atoms in total. The summed E-state index contributed by atoms with van der Waals surface area (Å²) in [5.74, 6) is 0.0499. The number of likely N-dealkylation sites (tertiary alicyclic amines) is 1. The molecule has 3 rings (SSSR count). The van der Waals surface area contributed by atoms with Gasteiger partial charge in [0.2, 0.25) is 5.91 Å². The smallest absolute Gasteiger partial charge is 0.222 e. The second-order valence-corrected chi connectivity index (χ2v) is 6.33. The van der Waals surface area contributed by atoms with Crippen molar-refractivity contribution >= 4 is 17.5 Å². The number of hydrogen-bond donors (Lipinski definition) is 1. The zero-order chi connectivity index (χ0) is 17.1. The van der Waals surface area contributed by atoms with Gasteiger partial charge in [-0.15, -0.1) is 0 Å². The highest BCUT2D eigenvalue weighted by molar-refractivity contribution is 6.31. The van der Waals surface area contributed by atoms with E-state index in [0.29, 0.717) is 50.1 Å². The van der Waals surface area contributed by atoms with Crippen molar-refractivity contribution in [3.05, 3.63) is 40.8 Å². The molecule has 1 aromatic carbocycles. The number of hydrogen-bond acceptors (Lipinski definition) is 4. The summed E-state index contributed by atoms with van der Waals surface area (Å²) in [7, 11) is 0. The van der Waals surface area contributed by atoms with Crippen molar-refractivity contribution in [2.75, 3.05) is 13.1 Å². The SMILES string of the molecule is O=C(CCc1cnoc1-c1ccc(F)c(Cl)c1)N1CCC(O)CC1. The Labute approximate surface area is 144 Å². The first-order valence-electron chi connectivity index (χ1n) is 7.89. The Morgan fingerprint density at radius 3 is 2.88 bits per heavy atom. The first-order valence-corrected chi connectivity index (χ1v) is 8.27. The Balaban J connectivity index is 1.65. The fourth-order valence-corrected chi connectivity index (χ4v) is 3.01. The lowest BCUT2D eigenvalue weighted by atomic mass is 10.0. The molecule has 0 spiro atoms. The standard InChI is InChI=1S/C17H18ClFN2O3/c18-14-9-11(1-3-15(14)19)17-12(10-20-24-17)2-4-16(23)21-7-5-13(22)6-8-21/h1,3,9-10,13,22H,2,4-8H2. The number of amides is 1. The van der Waals surface area contributed by atoms with E-state index in [1.165, 1.54) is 12.1 Å². The summed E-state index contributed by atoms with van der Waals surface area (Å²) in [6, 6.07) is 4.32. The summed E-state index contributed by atoms with van der Waals surface area (Å²) < 4.78 is 18.5. The van der Waals surface area contributed by atoms with E-state index in [2.05, 4.69) is 5.16 Å². The van der Waals surface area contributed by atoms with Crippen LogP contribution in [0.3, 0.4) is 0 Å². The van der Waals surface area contributed by atoms with Gasteiger partial charge in [-0.25, -0.2) is 4.39 Å². The number of piperidine rings is 1. The molecule has 1 aliphatic rings. The number of nitrogens with zero attached hydrogens (tertiary/aromatic N) is 2. The van der Waals surface area contributed by atoms with Crippen LogP contribution < -0.4 is 0 Å². The first kappa shape index (κ1) is 16.9. The minimum atomic E-state index is -0.496. The topological polar surface area (TPSA) is 66.6 Å². The van der Waals surface area contributed by atoms with Gasteiger partial charge in [0, 0.05) is 30.6 Å². The van der Waals surface area contributed by atoms with Gasteiger partial charge in [0.25, 0.3) is 0 Å². The van der Waals surface area contributed by atoms with Crippen LogP contribution in [-0.4, -0.2) is 40.3 Å². The molecule has 1 N–H and O–H groups in total. The monoisotopic (exact) mass is 352 g/mol. The molecule has 0 atom stereocenters. The van der Waals surface area contributed by atoms with Crippen LogP contribution in [0.1, 0.15) is 24.8 Å². The molecule has 2 heterocycles. The predicted molar refractivity (Wildman–Crippen MR) is 87.0 cm³/mol. The van der Waals surface area contributed by atoms with Crippen molar-refractivity contribution in [1.82, 2.24) is 10.1 Å². The second kappa shape index (κ2) is 7.32. The van der Waals surface area contributed by atoms with Crippen LogP contribution in [0.25, 0.3) is 11.3 Å². The number of aliphatic hydroxyl groups excluding tert-OH is 1. The third-order valence-electron chi connectivity index (χ3n) is 4.25. The number of aliphatic hydroxyl groups is 1. The van der Waals surface area contributed by atoms with Gasteiger partial charge in [-0.3, -0.25) is 4.79 Å². The molecule has 1 aliphatic heterocycles. The van der Waals surface area contributed by atoms with Crippen LogP contribution in [-0.2, 0) is 11.2 Å². The molecule has 1 fully saturated rings. The van der Waals surface area contributed by atoms with Crippen LogP contribution in [0.2, 0.25) is 5.02 Å². The molecule has 1 aromatic heterocycles. The van der Waals surface area contributed by atoms with E-state index in [0.717, 1.165) is 5.56 Å². The summed E-state index contributed by atoms with van der Waals surface area (Å²) in [6.07, 6.45) is 3.32. The zero-order valence-corrected chi connectivity index (χ0v) is 13.8. The number of carbonyl (C=O) groups is 1. The lowest BCUT2D eigenvalue weighted by Crippen LogP contribution is -2.40. The average Bonchev–Trinajstić information content (AvgIpc) is 3.04. The molecular weight excluding hydrogens is 335 g/mol. The molecule has 0 saturated carbocycles. The summed E-state index contributed by atoms with van der Waals surface area (Å²) in [6.45, 7) is 1.17. The van der Waals surface area contributed by atoms with Gasteiger partial charge < -0.3 is 14.5 Å². The molecule has 1 saturated heterocycles. The van der Waals surface area contributed by atoms with Crippen LogP contribution in [0.5, 0.6) is 0 Å². The van der Waals surface area contributed by atoms with Gasteiger partial charge in [-0.1, -0.05) is 16.8 Å². The van der Waals surface area contributed by atoms with E-state index >= 15 is 0 Å². The maximum Gasteiger partial charge on any atom is 0.222 e. The number of carbonyl (C=O) groups excluding carboxylic acids is 1. The second-order valence-electron chi connectivity index (χ2n) is 5.92. The van der Waals surface area contributed by atoms with Gasteiger partial charge in [0.1, 0.15) is 5.82 Å². The number of aromatic nitrogens is 1. The maximum absolute atomic E-state index is 13.3. The molecular formula is C17H18ClFN2O3. The lowest BCUT2D eigenvalue weighted by Gasteiger charge is -2.29. The molecule has 24 heavy (non-hydrogen) atoms. The minimum Gasteiger partial charge on any atom is -0.393 e. The Morgan fingerprint density at radius 1 is 1.42 bits per heavy atom. The van der Waals surface area contributed by atoms with Crippen molar-refractivity contribution in [3.63, 3.8) is 0 Å². The van der Waals surface area contributed by atoms with Gasteiger partial charge in [-0.05, 0) is 37.5 Å². The highest BCUT2D eigenvalue weighted by Gasteiger charge is 2.22. The third-order valence-corrected chi connectivity index (χ3v) is 4.54. The van der Waals surface area contributed by atoms with Crippen molar-refractivity contribution in [2.45, 2.75) is 31.8 Å². The Hall–Kier alpha value is -1.92. The summed E-state index contributed by atoms with van der Waals surface area (Å²) >= 11 is 5.81. The van der Waals surface area contributed by atoms with Crippen molar-refractivity contribution in [3.8, 4) is 11.3 Å². The van der Waals surface area contributed by atoms with Gasteiger partial charge in [-0.2, -0.15) is 0 Å². The minimum absolute atomic E-state index is 0.0119. The normalized spacial score (nSPS) is 15.7. The van der Waals surface area contributed by atoms with E-state index < -0.39 is 5.82 Å². The zero-order valence-electron chi connectivity index (χ0n) is 13.0. The van der Waals surface area contributed by atoms with Crippen LogP contribution in [0.15, 0.2) is 28.9 Å². The molecule has 0 radical (unpaired) electrons. The average molecular weight is 353 g/mol. The largest absolute Gasteiger partial charge is 0.393 e. The third kappa shape index (κ3) is 3.76. The fourth-order valence-electron chi connectivity index (χ4n) is 2.83. The highest BCUT2D eigenvalue weighted by atomic mass is 35.5. The lowest BCUT2D eigenvalue weighted by molar-refractivity contribution is -0.133. The van der Waals surface area contributed by atoms with Gasteiger partial charge in [0.15, 0.2) is 5.76 Å². The highest BCUT2D eigenvalue weighted by Crippen LogP contribution is 2.28. The molecule has 1 amide bonds. The number of aryl methyl sites for hydroxylation is 1. The maximum atomic E-state index is 13.3. The molecule has 0 unspecified atom stereocenters. The number of halogens is 2. The molecule has 7 heteroatoms. The summed E-state index contributed by atoms with van der Waals surface area (Å²) in [4.78, 5) is 14.0. The summed E-state index contributed by atoms with van der Waals surface area (Å²) in [5, 5.41) is 13.3. The number of benzene rings is 1. The van der Waals surface area contributed by atoms with E-state index in [1.54, 1.807) is 17.2 Å². The van der Waals surface area contributed by atoms with E-state index in [-0.39, 0.29) is 17.0 Å². The Kier molecular flexibility index (Phi) is 5.16. The van der Waals surface area contributed by atoms with Crippen LogP contribution in [0.4, 0.5) is 4.39 Å². The van der Waals surface area contributed by atoms with Crippen molar-refractivity contribution in [2.24, 2.45) is 0 Å². The molecule has 0 aliphatic carbocycles. The Morgan fingerprint density at radius 2 is 2.17 bits per heavy atom. The molecule has 128 valence electrons. The van der Waals surface area contributed by atoms with E-state index in [9.17, 15) is 14.3 Å². The Bertz CT molecular complexity index is 726. The van der Waals surface area contributed by atoms with E-state index in [4.69, 9.17) is 16.1 Å². The van der Waals surface area contributed by atoms with Gasteiger partial charge >= 0.3 is 0 Å². The summed E-state index contributed by atoms with van der Waals surface area (Å²) in [5.41, 5.74) is 1.41. The molecule has 0 bridgehead atoms. The quantitative estimate of drug-likeness (QED) is 0.918. The van der Waals surface area contributed by atoms with Crippen LogP contribution >= 0.6 is 11.6 Å². The van der Waals surface area contributed by atoms with E-state index in [1.807, 2.05) is 0 Å². The number of rotatable bonds is 4. The van der Waals surface area contributed by atoms with Crippen LogP contribution in [0, 0.1) is 5.82 Å². The van der Waals surface area contributed by atoms with Crippen molar-refractivity contribution < 1.29 is 18.8 Å². The van der Waals surface area contributed by atoms with Crippen molar-refractivity contribution in [1.29, 1.82) is 0 Å². The van der Waals surface area contributed by atoms with Gasteiger partial charge in [0.05, 0.1) is 17.3 Å². The molecule has 2 aromatic rings. The predicted octanol–water partition coefficient (Wildman–Crippen LogP) is 3.05. The fraction of sp³-hybridized carbons (Fsp3) is 0.412.